The summed E-state index contributed by atoms with van der Waals surface area (Å²) in [7, 11) is 1.83. The Bertz CT molecular complexity index is 265. The van der Waals surface area contributed by atoms with Gasteiger partial charge in [-0.3, -0.25) is 0 Å². The zero-order chi connectivity index (χ0) is 9.68. The molecule has 1 aromatic rings. The van der Waals surface area contributed by atoms with E-state index in [4.69, 9.17) is 0 Å². The van der Waals surface area contributed by atoms with Gasteiger partial charge in [0.15, 0.2) is 0 Å². The van der Waals surface area contributed by atoms with E-state index in [1.54, 1.807) is 0 Å². The molecule has 1 rings (SSSR count). The molecule has 0 aliphatic heterocycles. The molecule has 0 saturated carbocycles. The van der Waals surface area contributed by atoms with Crippen molar-refractivity contribution in [2.45, 2.75) is 12.6 Å². The van der Waals surface area contributed by atoms with Gasteiger partial charge in [0.05, 0.1) is 0 Å². The Labute approximate surface area is 86.5 Å². The molecular formula is C10H13BrFN. The van der Waals surface area contributed by atoms with E-state index in [2.05, 4.69) is 21.2 Å². The summed E-state index contributed by atoms with van der Waals surface area (Å²) in [6.07, 6.45) is -0.350. The van der Waals surface area contributed by atoms with Gasteiger partial charge in [-0.05, 0) is 37.7 Å². The van der Waals surface area contributed by atoms with Crippen molar-refractivity contribution in [3.8, 4) is 0 Å². The Kier molecular flexibility index (Phi) is 4.39. The zero-order valence-electron chi connectivity index (χ0n) is 7.56. The van der Waals surface area contributed by atoms with Crippen molar-refractivity contribution in [1.82, 2.24) is 5.32 Å². The highest BCUT2D eigenvalue weighted by atomic mass is 79.9. The molecule has 0 radical (unpaired) electrons. The fourth-order valence-corrected chi connectivity index (χ4v) is 1.56. The summed E-state index contributed by atoms with van der Waals surface area (Å²) in [5.74, 6) is 0. The Morgan fingerprint density at radius 1 is 1.54 bits per heavy atom. The van der Waals surface area contributed by atoms with Crippen molar-refractivity contribution >= 4 is 15.9 Å². The first-order chi connectivity index (χ1) is 6.24. The van der Waals surface area contributed by atoms with Crippen molar-refractivity contribution < 1.29 is 4.39 Å². The van der Waals surface area contributed by atoms with E-state index >= 15 is 0 Å². The summed E-state index contributed by atoms with van der Waals surface area (Å²) in [5.41, 5.74) is 0.740. The van der Waals surface area contributed by atoms with Crippen molar-refractivity contribution in [2.24, 2.45) is 0 Å². The fraction of sp³-hybridized carbons (Fsp3) is 0.400. The summed E-state index contributed by atoms with van der Waals surface area (Å²) < 4.78 is 14.4. The molecule has 0 spiro atoms. The highest BCUT2D eigenvalue weighted by Gasteiger charge is 2.08. The van der Waals surface area contributed by atoms with Crippen LogP contribution in [-0.4, -0.2) is 13.6 Å². The minimum Gasteiger partial charge on any atom is -0.320 e. The molecule has 0 aliphatic carbocycles. The van der Waals surface area contributed by atoms with Crippen LogP contribution in [0.3, 0.4) is 0 Å². The molecule has 1 N–H and O–H groups in total. The van der Waals surface area contributed by atoms with Crippen LogP contribution in [0.2, 0.25) is 0 Å². The first kappa shape index (κ1) is 10.7. The lowest BCUT2D eigenvalue weighted by Gasteiger charge is -2.07. The van der Waals surface area contributed by atoms with Crippen LogP contribution in [0.5, 0.6) is 0 Å². The minimum absolute atomic E-state index is 0.521. The zero-order valence-corrected chi connectivity index (χ0v) is 9.14. The fourth-order valence-electron chi connectivity index (χ4n) is 1.14. The summed E-state index contributed by atoms with van der Waals surface area (Å²) in [5, 5.41) is 2.93. The molecule has 0 amide bonds. The number of halogens is 2. The van der Waals surface area contributed by atoms with Crippen LogP contribution in [0.4, 0.5) is 4.39 Å². The molecule has 0 fully saturated rings. The van der Waals surface area contributed by atoms with Gasteiger partial charge in [-0.25, -0.2) is 4.39 Å². The second kappa shape index (κ2) is 5.35. The van der Waals surface area contributed by atoms with Gasteiger partial charge in [0.2, 0.25) is 0 Å². The average Bonchev–Trinajstić information content (AvgIpc) is 2.14. The Morgan fingerprint density at radius 2 is 2.31 bits per heavy atom. The van der Waals surface area contributed by atoms with Crippen LogP contribution < -0.4 is 5.32 Å². The lowest BCUT2D eigenvalue weighted by molar-refractivity contribution is 0.321. The van der Waals surface area contributed by atoms with Gasteiger partial charge in [-0.1, -0.05) is 28.1 Å². The van der Waals surface area contributed by atoms with Crippen LogP contribution in [0.15, 0.2) is 28.7 Å². The molecule has 0 saturated heterocycles. The first-order valence-electron chi connectivity index (χ1n) is 4.28. The standard InChI is InChI=1S/C10H13BrFN/c1-13-6-5-10(12)8-3-2-4-9(11)7-8/h2-4,7,10,13H,5-6H2,1H3. The largest absolute Gasteiger partial charge is 0.320 e. The summed E-state index contributed by atoms with van der Waals surface area (Å²) >= 11 is 3.32. The van der Waals surface area contributed by atoms with Gasteiger partial charge < -0.3 is 5.32 Å². The molecule has 72 valence electrons. The van der Waals surface area contributed by atoms with E-state index in [0.29, 0.717) is 13.0 Å². The highest BCUT2D eigenvalue weighted by Crippen LogP contribution is 2.23. The second-order valence-electron chi connectivity index (χ2n) is 2.91. The van der Waals surface area contributed by atoms with Gasteiger partial charge >= 0.3 is 0 Å². The third-order valence-corrected chi connectivity index (χ3v) is 2.35. The number of nitrogens with one attached hydrogen (secondary N) is 1. The highest BCUT2D eigenvalue weighted by molar-refractivity contribution is 9.10. The maximum absolute atomic E-state index is 13.4. The molecule has 0 aromatic heterocycles. The molecule has 0 bridgehead atoms. The van der Waals surface area contributed by atoms with Gasteiger partial charge in [0.1, 0.15) is 6.17 Å². The molecule has 13 heavy (non-hydrogen) atoms. The van der Waals surface area contributed by atoms with E-state index < -0.39 is 6.17 Å². The third-order valence-electron chi connectivity index (χ3n) is 1.86. The normalized spacial score (nSPS) is 12.8. The molecular weight excluding hydrogens is 233 g/mol. The number of benzene rings is 1. The van der Waals surface area contributed by atoms with Crippen LogP contribution in [0, 0.1) is 0 Å². The summed E-state index contributed by atoms with van der Waals surface area (Å²) in [6, 6.07) is 7.38. The van der Waals surface area contributed by atoms with Crippen LogP contribution in [0.1, 0.15) is 18.2 Å². The van der Waals surface area contributed by atoms with Gasteiger partial charge in [0.25, 0.3) is 0 Å². The molecule has 0 aliphatic rings. The first-order valence-corrected chi connectivity index (χ1v) is 5.07. The van der Waals surface area contributed by atoms with Crippen LogP contribution in [0.25, 0.3) is 0 Å². The van der Waals surface area contributed by atoms with Crippen LogP contribution >= 0.6 is 15.9 Å². The van der Waals surface area contributed by atoms with Gasteiger partial charge in [-0.2, -0.15) is 0 Å². The Balaban J connectivity index is 2.60. The molecule has 1 aromatic carbocycles. The van der Waals surface area contributed by atoms with Crippen molar-refractivity contribution in [2.75, 3.05) is 13.6 Å². The average molecular weight is 246 g/mol. The molecule has 3 heteroatoms. The monoisotopic (exact) mass is 245 g/mol. The predicted molar refractivity (Wildman–Crippen MR) is 56.5 cm³/mol. The van der Waals surface area contributed by atoms with E-state index in [9.17, 15) is 4.39 Å². The number of hydrogen-bond acceptors (Lipinski definition) is 1. The topological polar surface area (TPSA) is 12.0 Å². The van der Waals surface area contributed by atoms with Crippen molar-refractivity contribution in [3.63, 3.8) is 0 Å². The maximum atomic E-state index is 13.4. The SMILES string of the molecule is CNCCC(F)c1cccc(Br)c1. The second-order valence-corrected chi connectivity index (χ2v) is 3.83. The van der Waals surface area contributed by atoms with E-state index in [-0.39, 0.29) is 0 Å². The molecule has 0 heterocycles. The molecule has 1 nitrogen and oxygen atoms in total. The van der Waals surface area contributed by atoms with Crippen LogP contribution in [-0.2, 0) is 0 Å². The number of hydrogen-bond donors (Lipinski definition) is 1. The van der Waals surface area contributed by atoms with E-state index in [0.717, 1.165) is 10.0 Å². The summed E-state index contributed by atoms with van der Waals surface area (Å²) in [6.45, 7) is 0.702. The lowest BCUT2D eigenvalue weighted by Crippen LogP contribution is -2.10. The van der Waals surface area contributed by atoms with E-state index in [1.165, 1.54) is 0 Å². The van der Waals surface area contributed by atoms with Crippen molar-refractivity contribution in [3.05, 3.63) is 34.3 Å². The molecule has 1 atom stereocenters. The predicted octanol–water partition coefficient (Wildman–Crippen LogP) is 3.07. The number of alkyl halides is 1. The summed E-state index contributed by atoms with van der Waals surface area (Å²) in [4.78, 5) is 0. The van der Waals surface area contributed by atoms with Crippen molar-refractivity contribution in [1.29, 1.82) is 0 Å². The Morgan fingerprint density at radius 3 is 2.92 bits per heavy atom. The third kappa shape index (κ3) is 3.44. The van der Waals surface area contributed by atoms with E-state index in [1.807, 2.05) is 31.3 Å². The Hall–Kier alpha value is -0.410. The maximum Gasteiger partial charge on any atom is 0.126 e. The number of rotatable bonds is 4. The minimum atomic E-state index is -0.870. The van der Waals surface area contributed by atoms with Gasteiger partial charge in [-0.15, -0.1) is 0 Å². The lowest BCUT2D eigenvalue weighted by atomic mass is 10.1. The smallest absolute Gasteiger partial charge is 0.126 e. The molecule has 1 unspecified atom stereocenters. The van der Waals surface area contributed by atoms with Gasteiger partial charge in [0, 0.05) is 4.47 Å². The quantitative estimate of drug-likeness (QED) is 0.860.